The molecule has 1 aliphatic rings. The minimum atomic E-state index is 0.389. The van der Waals surface area contributed by atoms with Gasteiger partial charge in [-0.05, 0) is 0 Å². The Balaban J connectivity index is 2.64. The first-order chi connectivity index (χ1) is 2.50. The molecule has 5 heavy (non-hydrogen) atoms. The van der Waals surface area contributed by atoms with Gasteiger partial charge in [0, 0.05) is 0 Å². The topological polar surface area (TPSA) is 0 Å². The molecule has 0 saturated carbocycles. The van der Waals surface area contributed by atoms with Crippen molar-refractivity contribution in [1.82, 2.24) is 0 Å². The molecule has 0 nitrogen and oxygen atoms in total. The zero-order valence-electron chi connectivity index (χ0n) is 3.07. The Morgan fingerprint density at radius 2 is 2.80 bits per heavy atom. The molecule has 1 heterocycles. The predicted molar refractivity (Wildman–Crippen MR) is 28.4 cm³/mol. The van der Waals surface area contributed by atoms with E-state index in [0.717, 1.165) is 0 Å². The second-order valence-corrected chi connectivity index (χ2v) is 3.56. The zero-order valence-corrected chi connectivity index (χ0v) is 5.17. The van der Waals surface area contributed by atoms with Crippen LogP contribution >= 0.6 is 0 Å². The van der Waals surface area contributed by atoms with Gasteiger partial charge in [0.15, 0.2) is 0 Å². The van der Waals surface area contributed by atoms with Gasteiger partial charge >= 0.3 is 37.8 Å². The molecule has 0 fully saturated rings. The van der Waals surface area contributed by atoms with E-state index < -0.39 is 0 Å². The molecule has 1 aliphatic heterocycles. The molecule has 26 valence electrons. The summed E-state index contributed by atoms with van der Waals surface area (Å²) in [5, 5.41) is 0. The molecule has 1 unspecified atom stereocenters. The quantitative estimate of drug-likeness (QED) is 0.391. The Morgan fingerprint density at radius 3 is 3.00 bits per heavy atom. The number of rotatable bonds is 0. The van der Waals surface area contributed by atoms with Crippen LogP contribution in [0, 0.1) is 0 Å². The fraction of sp³-hybridized carbons (Fsp3) is 0.667. The van der Waals surface area contributed by atoms with Crippen molar-refractivity contribution in [2.45, 2.75) is 12.7 Å². The molecule has 1 rings (SSSR count). The van der Waals surface area contributed by atoms with E-state index in [9.17, 15) is 0 Å². The fourth-order valence-electron chi connectivity index (χ4n) is 0.417. The molecule has 0 spiro atoms. The van der Waals surface area contributed by atoms with Crippen LogP contribution in [-0.4, -0.2) is 25.0 Å². The van der Waals surface area contributed by atoms with E-state index in [1.165, 1.54) is 12.7 Å². The molecule has 0 aromatic heterocycles. The van der Waals surface area contributed by atoms with E-state index in [1.807, 2.05) is 0 Å². The molecule has 0 aromatic rings. The van der Waals surface area contributed by atoms with Gasteiger partial charge < -0.3 is 0 Å². The first-order valence-electron chi connectivity index (χ1n) is 1.89. The summed E-state index contributed by atoms with van der Waals surface area (Å²) >= 11 is 0.389. The molecule has 2 heteroatoms. The minimum absolute atomic E-state index is 0.389. The molecule has 0 aliphatic carbocycles. The van der Waals surface area contributed by atoms with Crippen LogP contribution in [0.4, 0.5) is 0 Å². The summed E-state index contributed by atoms with van der Waals surface area (Å²) in [5.41, 5.74) is 2.43. The standard InChI is InChI=1S/C3H6AsB/c1-2-4-5-3-1/h2,4H,1,3H2. The molecule has 0 amide bonds. The summed E-state index contributed by atoms with van der Waals surface area (Å²) in [4.78, 5) is 2.43. The van der Waals surface area contributed by atoms with E-state index in [0.29, 0.717) is 14.7 Å². The van der Waals surface area contributed by atoms with E-state index in [1.54, 1.807) is 0 Å². The van der Waals surface area contributed by atoms with Crippen LogP contribution in [-0.2, 0) is 0 Å². The third-order valence-corrected chi connectivity index (χ3v) is 2.89. The van der Waals surface area contributed by atoms with E-state index in [-0.39, 0.29) is 0 Å². The summed E-state index contributed by atoms with van der Waals surface area (Å²) < 4.78 is 0. The van der Waals surface area contributed by atoms with Gasteiger partial charge in [0.1, 0.15) is 0 Å². The Kier molecular flexibility index (Phi) is 1.34. The molecule has 0 radical (unpaired) electrons. The van der Waals surface area contributed by atoms with E-state index >= 15 is 0 Å². The first-order valence-corrected chi connectivity index (χ1v) is 4.32. The SMILES string of the molecule is B1=[AsH]=CCC1. The Morgan fingerprint density at radius 1 is 1.80 bits per heavy atom. The fourth-order valence-corrected chi connectivity index (χ4v) is 2.17. The molecule has 0 N–H and O–H groups in total. The van der Waals surface area contributed by atoms with Gasteiger partial charge in [-0.15, -0.1) is 0 Å². The Hall–Kier alpha value is 0.493. The average molecular weight is 128 g/mol. The number of hydrogen-bond donors (Lipinski definition) is 0. The summed E-state index contributed by atoms with van der Waals surface area (Å²) in [6.45, 7) is 0. The Bertz CT molecular complexity index is 72.9. The Labute approximate surface area is 38.4 Å². The summed E-state index contributed by atoms with van der Waals surface area (Å²) in [5.74, 6) is 0. The third kappa shape index (κ3) is 0.926. The van der Waals surface area contributed by atoms with Crippen molar-refractivity contribution >= 4 is 25.0 Å². The van der Waals surface area contributed by atoms with Gasteiger partial charge in [0.25, 0.3) is 0 Å². The molecule has 0 saturated heterocycles. The molecular formula is C3H6AsB. The van der Waals surface area contributed by atoms with Gasteiger partial charge in [0.2, 0.25) is 0 Å². The van der Waals surface area contributed by atoms with Crippen LogP contribution in [0.1, 0.15) is 6.42 Å². The van der Waals surface area contributed by atoms with Crippen molar-refractivity contribution < 1.29 is 0 Å². The van der Waals surface area contributed by atoms with Crippen LogP contribution in [0.15, 0.2) is 0 Å². The van der Waals surface area contributed by atoms with Crippen molar-refractivity contribution in [3.05, 3.63) is 0 Å². The maximum atomic E-state index is 2.43. The first kappa shape index (κ1) is 3.68. The van der Waals surface area contributed by atoms with Gasteiger partial charge in [-0.3, -0.25) is 0 Å². The van der Waals surface area contributed by atoms with Crippen molar-refractivity contribution in [2.24, 2.45) is 0 Å². The van der Waals surface area contributed by atoms with Gasteiger partial charge in [-0.1, -0.05) is 0 Å². The maximum absolute atomic E-state index is 2.43. The van der Waals surface area contributed by atoms with Gasteiger partial charge in [-0.25, -0.2) is 0 Å². The van der Waals surface area contributed by atoms with Crippen LogP contribution < -0.4 is 0 Å². The van der Waals surface area contributed by atoms with Gasteiger partial charge in [-0.2, -0.15) is 0 Å². The van der Waals surface area contributed by atoms with Crippen LogP contribution in [0.25, 0.3) is 0 Å². The van der Waals surface area contributed by atoms with E-state index in [2.05, 4.69) is 10.4 Å². The zero-order chi connectivity index (χ0) is 3.54. The van der Waals surface area contributed by atoms with Crippen molar-refractivity contribution in [3.8, 4) is 0 Å². The van der Waals surface area contributed by atoms with Crippen molar-refractivity contribution in [3.63, 3.8) is 0 Å². The van der Waals surface area contributed by atoms with Crippen LogP contribution in [0.5, 0.6) is 0 Å². The number of hydrogen-bond acceptors (Lipinski definition) is 0. The third-order valence-electron chi connectivity index (χ3n) is 0.691. The summed E-state index contributed by atoms with van der Waals surface area (Å²) in [6, 6.07) is 0. The normalized spacial score (nSPS) is 20.8. The van der Waals surface area contributed by atoms with E-state index in [4.69, 9.17) is 0 Å². The van der Waals surface area contributed by atoms with Crippen molar-refractivity contribution in [1.29, 1.82) is 0 Å². The molecule has 1 atom stereocenters. The van der Waals surface area contributed by atoms with Crippen molar-refractivity contribution in [2.75, 3.05) is 0 Å². The molecule has 0 bridgehead atoms. The predicted octanol–water partition coefficient (Wildman–Crippen LogP) is -0.334. The molecule has 0 aromatic carbocycles. The van der Waals surface area contributed by atoms with Crippen LogP contribution in [0.3, 0.4) is 0 Å². The summed E-state index contributed by atoms with van der Waals surface area (Å²) in [7, 11) is 0. The second kappa shape index (κ2) is 1.82. The summed E-state index contributed by atoms with van der Waals surface area (Å²) in [6.07, 6.45) is 2.75. The second-order valence-electron chi connectivity index (χ2n) is 1.15. The van der Waals surface area contributed by atoms with Gasteiger partial charge in [0.05, 0.1) is 0 Å². The average Bonchev–Trinajstić information content (AvgIpc) is 1.76. The monoisotopic (exact) mass is 128 g/mol. The van der Waals surface area contributed by atoms with Crippen LogP contribution in [0.2, 0.25) is 6.32 Å². The molecular weight excluding hydrogens is 122 g/mol.